The number of carbonyl (C=O) groups is 15. The molecule has 2 rings (SSSR count). The zero-order chi connectivity index (χ0) is 73.7. The molecule has 20 atom stereocenters. The normalized spacial score (nSPS) is 23.7. The smallest absolute Gasteiger partial charge is 0.325 e. The third kappa shape index (κ3) is 29.1. The molecule has 41 heteroatoms. The first-order valence-corrected chi connectivity index (χ1v) is 31.0. The Morgan fingerprint density at radius 1 is 0.474 bits per heavy atom. The molecule has 550 valence electrons. The Labute approximate surface area is 556 Å². The zero-order valence-corrected chi connectivity index (χ0v) is 54.8. The van der Waals surface area contributed by atoms with E-state index in [9.17, 15) is 103 Å². The average Bonchev–Trinajstić information content (AvgIpc) is 0.778. The van der Waals surface area contributed by atoms with Crippen LogP contribution in [0.25, 0.3) is 0 Å². The third-order valence-corrected chi connectivity index (χ3v) is 15.1. The molecule has 2 saturated heterocycles. The minimum Gasteiger partial charge on any atom is -0.480 e. The van der Waals surface area contributed by atoms with Gasteiger partial charge in [0, 0.05) is 33.4 Å². The van der Waals surface area contributed by atoms with Crippen LogP contribution in [0, 0.1) is 0 Å². The molecular formula is C56H96N16O25. The lowest BCUT2D eigenvalue weighted by Crippen LogP contribution is -2.70. The highest BCUT2D eigenvalue weighted by Gasteiger charge is 2.53. The van der Waals surface area contributed by atoms with Gasteiger partial charge in [-0.15, -0.1) is 0 Å². The highest BCUT2D eigenvalue weighted by molar-refractivity contribution is 5.96. The number of carboxylic acid groups (broad SMARTS) is 1. The van der Waals surface area contributed by atoms with Gasteiger partial charge in [0.2, 0.25) is 82.7 Å². The average molecular weight is 1390 g/mol. The van der Waals surface area contributed by atoms with Crippen LogP contribution in [0.2, 0.25) is 0 Å². The molecule has 0 saturated carbocycles. The van der Waals surface area contributed by atoms with Crippen LogP contribution in [0.3, 0.4) is 0 Å². The molecular weight excluding hydrogens is 1300 g/mol. The van der Waals surface area contributed by atoms with Crippen LogP contribution in [0.15, 0.2) is 0 Å². The van der Waals surface area contributed by atoms with Gasteiger partial charge in [0.05, 0.1) is 38.1 Å². The number of amides is 14. The lowest BCUT2D eigenvalue weighted by atomic mass is 9.94. The maximum absolute atomic E-state index is 13.7. The van der Waals surface area contributed by atoms with Crippen LogP contribution >= 0.6 is 0 Å². The van der Waals surface area contributed by atoms with E-state index in [1.807, 2.05) is 0 Å². The maximum atomic E-state index is 13.7. The van der Waals surface area contributed by atoms with Gasteiger partial charge in [0.15, 0.2) is 12.6 Å². The van der Waals surface area contributed by atoms with Crippen molar-refractivity contribution >= 4 is 88.7 Å². The van der Waals surface area contributed by atoms with E-state index in [2.05, 4.69) is 58.5 Å². The Bertz CT molecular complexity index is 2750. The highest BCUT2D eigenvalue weighted by Crippen LogP contribution is 2.31. The number of carboxylic acids is 1. The van der Waals surface area contributed by atoms with Gasteiger partial charge in [-0.25, -0.2) is 0 Å². The fourth-order valence-corrected chi connectivity index (χ4v) is 9.47. The van der Waals surface area contributed by atoms with Crippen molar-refractivity contribution in [3.8, 4) is 0 Å². The summed E-state index contributed by atoms with van der Waals surface area (Å²) in [6, 6.07) is -15.5. The van der Waals surface area contributed by atoms with Gasteiger partial charge in [-0.2, -0.15) is 0 Å². The molecule has 20 unspecified atom stereocenters. The predicted molar refractivity (Wildman–Crippen MR) is 330 cm³/mol. The molecule has 2 heterocycles. The second-order valence-corrected chi connectivity index (χ2v) is 23.3. The maximum Gasteiger partial charge on any atom is 0.325 e. The van der Waals surface area contributed by atoms with Gasteiger partial charge in [-0.1, -0.05) is 0 Å². The van der Waals surface area contributed by atoms with Gasteiger partial charge < -0.3 is 137 Å². The first kappa shape index (κ1) is 84.7. The third-order valence-electron chi connectivity index (χ3n) is 15.1. The summed E-state index contributed by atoms with van der Waals surface area (Å²) in [7, 11) is 0. The number of nitrogens with one attached hydrogen (secondary N) is 11. The molecule has 0 aliphatic carbocycles. The van der Waals surface area contributed by atoms with Crippen molar-refractivity contribution in [2.75, 3.05) is 26.3 Å². The summed E-state index contributed by atoms with van der Waals surface area (Å²) in [5.41, 5.74) is 27.5. The van der Waals surface area contributed by atoms with E-state index >= 15 is 0 Å². The van der Waals surface area contributed by atoms with Crippen molar-refractivity contribution in [2.45, 2.75) is 234 Å². The number of aliphatic hydroxyl groups excluding tert-OH is 5. The van der Waals surface area contributed by atoms with E-state index in [1.165, 1.54) is 34.6 Å². The summed E-state index contributed by atoms with van der Waals surface area (Å²) in [4.78, 5) is 190. The fraction of sp³-hybridized carbons (Fsp3) is 0.732. The van der Waals surface area contributed by atoms with Gasteiger partial charge in [0.1, 0.15) is 97.1 Å². The summed E-state index contributed by atoms with van der Waals surface area (Å²) in [6.45, 7) is 6.44. The molecule has 0 radical (unpaired) electrons. The molecule has 97 heavy (non-hydrogen) atoms. The Hall–Kier alpha value is -8.39. The Morgan fingerprint density at radius 2 is 0.959 bits per heavy atom. The number of hydrogen-bond donors (Lipinski definition) is 22. The van der Waals surface area contributed by atoms with Gasteiger partial charge in [-0.05, 0) is 79.6 Å². The van der Waals surface area contributed by atoms with Crippen molar-refractivity contribution in [1.82, 2.24) is 58.5 Å². The molecule has 0 aromatic carbocycles. The molecule has 0 aromatic rings. The van der Waals surface area contributed by atoms with E-state index in [0.717, 1.165) is 13.8 Å². The largest absolute Gasteiger partial charge is 0.480 e. The lowest BCUT2D eigenvalue weighted by Gasteiger charge is -2.48. The standard InChI is InChI=1S/C56H96N16O25/c1-22(48(85)67-25(4)54(91)92)66-53(90)32(13-9-11-17-63-38(79)19-33(47(61)84)72-50(87)24(3)65-52(89)29(57)12-8-10-16-62-37(78)18-30(58)45(59)82)70-36(77)15-14-31(46(60)83)71-49(86)23(2)64-51(88)26(5)94-44-40(69-28(7)76)55(93)95-35(21-74)43(44)97-56-39(68-27(6)75)42(81)41(80)34(20-73)96-56/h22-26,29-35,39-44,55-56,73-74,80-81,93H,8-21,57-58H2,1-7H3,(H2,59,82)(H2,60,83)(H2,61,84)(H,62,78)(H,63,79)(H,64,88)(H,65,89)(H,66,90)(H,67,85)(H,68,75)(H,69,76)(H,70,77)(H,71,86)(H,72,87)(H,91,92). The number of aliphatic hydroxyl groups is 5. The Morgan fingerprint density at radius 3 is 1.47 bits per heavy atom. The van der Waals surface area contributed by atoms with Crippen LogP contribution in [0.4, 0.5) is 0 Å². The fourth-order valence-electron chi connectivity index (χ4n) is 9.47. The molecule has 0 bridgehead atoms. The molecule has 2 aliphatic rings. The topological polar surface area (TPSA) is 677 Å². The monoisotopic (exact) mass is 1390 g/mol. The predicted octanol–water partition coefficient (Wildman–Crippen LogP) is -11.9. The van der Waals surface area contributed by atoms with Crippen molar-refractivity contribution in [1.29, 1.82) is 0 Å². The van der Waals surface area contributed by atoms with Crippen LogP contribution in [0.1, 0.15) is 113 Å². The van der Waals surface area contributed by atoms with E-state index < -0.39 is 243 Å². The number of carbonyl (C=O) groups excluding carboxylic acids is 14. The Kier molecular flexibility index (Phi) is 36.4. The van der Waals surface area contributed by atoms with E-state index in [1.54, 1.807) is 0 Å². The minimum atomic E-state index is -1.94. The number of ether oxygens (including phenoxy) is 4. The molecule has 14 amide bonds. The molecule has 2 aliphatic heterocycles. The van der Waals surface area contributed by atoms with E-state index in [0.29, 0.717) is 12.8 Å². The number of hydrogen-bond acceptors (Lipinski definition) is 26. The van der Waals surface area contributed by atoms with Gasteiger partial charge in [0.25, 0.3) is 0 Å². The number of aliphatic carboxylic acids is 1. The van der Waals surface area contributed by atoms with Crippen molar-refractivity contribution in [3.05, 3.63) is 0 Å². The Balaban J connectivity index is 2.12. The summed E-state index contributed by atoms with van der Waals surface area (Å²) >= 11 is 0. The van der Waals surface area contributed by atoms with Crippen LogP contribution in [-0.4, -0.2) is 267 Å². The summed E-state index contributed by atoms with van der Waals surface area (Å²) < 4.78 is 23.3. The second kappa shape index (κ2) is 41.7. The van der Waals surface area contributed by atoms with Crippen molar-refractivity contribution in [3.63, 3.8) is 0 Å². The minimum absolute atomic E-state index is 0.0603. The number of unbranched alkanes of at least 4 members (excludes halogenated alkanes) is 2. The van der Waals surface area contributed by atoms with E-state index in [4.69, 9.17) is 47.6 Å². The molecule has 27 N–H and O–H groups in total. The lowest BCUT2D eigenvalue weighted by molar-refractivity contribution is -0.333. The first-order valence-electron chi connectivity index (χ1n) is 31.0. The first-order chi connectivity index (χ1) is 45.3. The SMILES string of the molecule is CC(=O)NC1C(OC2C(CO)OC(O)C(NC(C)=O)C2OC(C)C(=O)NC(C)C(=O)NC(CCC(=O)NC(CCCCNC(=O)CC(NC(=O)C(C)NC(=O)C(N)CCCCNC(=O)CC(N)C(N)=O)C(N)=O)C(=O)NC(C)C(=O)NC(C)C(=O)O)C(N)=O)OC(CO)C(O)C1O. The van der Waals surface area contributed by atoms with Crippen LogP contribution in [-0.2, 0) is 90.9 Å². The number of primary amides is 3. The quantitative estimate of drug-likeness (QED) is 0.0252. The number of nitrogens with two attached hydrogens (primary N) is 5. The van der Waals surface area contributed by atoms with Crippen LogP contribution < -0.4 is 87.2 Å². The second-order valence-electron chi connectivity index (χ2n) is 23.3. The van der Waals surface area contributed by atoms with Gasteiger partial charge in [-0.3, -0.25) is 71.9 Å². The zero-order valence-electron chi connectivity index (χ0n) is 54.8. The molecule has 41 nitrogen and oxygen atoms in total. The van der Waals surface area contributed by atoms with Gasteiger partial charge >= 0.3 is 5.97 Å². The molecule has 2 fully saturated rings. The molecule has 0 spiro atoms. The summed E-state index contributed by atoms with van der Waals surface area (Å²) in [5, 5.41) is 88.1. The van der Waals surface area contributed by atoms with Crippen molar-refractivity contribution in [2.24, 2.45) is 28.7 Å². The van der Waals surface area contributed by atoms with E-state index in [-0.39, 0.29) is 45.2 Å². The molecule has 0 aromatic heterocycles. The van der Waals surface area contributed by atoms with Crippen molar-refractivity contribution < 1.29 is 122 Å². The number of rotatable bonds is 42. The van der Waals surface area contributed by atoms with Crippen LogP contribution in [0.5, 0.6) is 0 Å². The summed E-state index contributed by atoms with van der Waals surface area (Å²) in [6.07, 6.45) is -16.5. The summed E-state index contributed by atoms with van der Waals surface area (Å²) in [5.74, 6) is -13.7. The highest BCUT2D eigenvalue weighted by atomic mass is 16.7.